The summed E-state index contributed by atoms with van der Waals surface area (Å²) in [6.45, 7) is 15.2. The van der Waals surface area contributed by atoms with Gasteiger partial charge in [0.15, 0.2) is 0 Å². The first-order chi connectivity index (χ1) is 11.2. The highest BCUT2D eigenvalue weighted by atomic mass is 28.4. The van der Waals surface area contributed by atoms with Crippen molar-refractivity contribution in [3.63, 3.8) is 0 Å². The Hall–Kier alpha value is -2.00. The van der Waals surface area contributed by atoms with Crippen LogP contribution >= 0.6 is 0 Å². The van der Waals surface area contributed by atoms with Crippen LogP contribution in [0.25, 0.3) is 17.2 Å². The van der Waals surface area contributed by atoms with Crippen LogP contribution in [-0.2, 0) is 0 Å². The summed E-state index contributed by atoms with van der Waals surface area (Å²) in [6, 6.07) is 14.3. The van der Waals surface area contributed by atoms with Crippen LogP contribution in [0, 0.1) is 0 Å². The molecule has 0 saturated heterocycles. The van der Waals surface area contributed by atoms with Gasteiger partial charge in [-0.05, 0) is 59.1 Å². The highest BCUT2D eigenvalue weighted by Gasteiger charge is 2.38. The van der Waals surface area contributed by atoms with Crippen LogP contribution in [0.4, 0.5) is 0 Å². The first kappa shape index (κ1) is 18.3. The van der Waals surface area contributed by atoms with Crippen molar-refractivity contribution in [2.24, 2.45) is 0 Å². The summed E-state index contributed by atoms with van der Waals surface area (Å²) in [7, 11) is -0.128. The van der Waals surface area contributed by atoms with Crippen LogP contribution in [0.3, 0.4) is 0 Å². The average Bonchev–Trinajstić information content (AvgIpc) is 2.53. The predicted molar refractivity (Wildman–Crippen MR) is 106 cm³/mol. The van der Waals surface area contributed by atoms with Gasteiger partial charge in [-0.1, -0.05) is 51.6 Å². The molecule has 0 fully saturated rings. The smallest absolute Gasteiger partial charge is 0.250 e. The van der Waals surface area contributed by atoms with Gasteiger partial charge >= 0.3 is 0 Å². The minimum Gasteiger partial charge on any atom is -0.544 e. The Bertz CT molecular complexity index is 710. The molecular weight excluding hydrogens is 312 g/mol. The molecule has 0 heterocycles. The molecule has 3 heteroatoms. The van der Waals surface area contributed by atoms with Crippen LogP contribution in [0.2, 0.25) is 18.1 Å². The molecule has 0 aliphatic carbocycles. The Morgan fingerprint density at radius 2 is 1.54 bits per heavy atom. The van der Waals surface area contributed by atoms with E-state index in [4.69, 9.17) is 9.16 Å². The van der Waals surface area contributed by atoms with Crippen LogP contribution in [0.1, 0.15) is 26.3 Å². The number of hydrogen-bond acceptors (Lipinski definition) is 2. The Balaban J connectivity index is 2.32. The Morgan fingerprint density at radius 1 is 0.958 bits per heavy atom. The normalized spacial score (nSPS) is 11.9. The third kappa shape index (κ3) is 3.90. The van der Waals surface area contributed by atoms with Crippen molar-refractivity contribution in [1.29, 1.82) is 0 Å². The zero-order valence-corrected chi connectivity index (χ0v) is 16.6. The number of rotatable bonds is 5. The molecule has 0 N–H and O–H groups in total. The van der Waals surface area contributed by atoms with Crippen molar-refractivity contribution in [2.75, 3.05) is 7.11 Å². The topological polar surface area (TPSA) is 18.5 Å². The second-order valence-corrected chi connectivity index (χ2v) is 12.3. The molecule has 128 valence electrons. The largest absolute Gasteiger partial charge is 0.544 e. The summed E-state index contributed by atoms with van der Waals surface area (Å²) < 4.78 is 11.7. The minimum absolute atomic E-state index is 0.189. The van der Waals surface area contributed by atoms with E-state index in [1.165, 1.54) is 0 Å². The van der Waals surface area contributed by atoms with Crippen molar-refractivity contribution in [3.05, 3.63) is 54.6 Å². The fourth-order valence-corrected chi connectivity index (χ4v) is 3.27. The van der Waals surface area contributed by atoms with Gasteiger partial charge in [-0.2, -0.15) is 0 Å². The lowest BCUT2D eigenvalue weighted by Gasteiger charge is -2.36. The second kappa shape index (κ2) is 6.86. The zero-order valence-electron chi connectivity index (χ0n) is 15.6. The molecule has 2 aromatic rings. The number of ether oxygens (including phenoxy) is 1. The van der Waals surface area contributed by atoms with Gasteiger partial charge in [0.05, 0.1) is 7.11 Å². The van der Waals surface area contributed by atoms with Crippen LogP contribution < -0.4 is 9.16 Å². The van der Waals surface area contributed by atoms with Gasteiger partial charge in [-0.15, -0.1) is 0 Å². The van der Waals surface area contributed by atoms with Crippen molar-refractivity contribution < 1.29 is 9.16 Å². The second-order valence-electron chi connectivity index (χ2n) is 7.54. The van der Waals surface area contributed by atoms with Crippen LogP contribution in [-0.4, -0.2) is 15.4 Å². The van der Waals surface area contributed by atoms with E-state index >= 15 is 0 Å². The lowest BCUT2D eigenvalue weighted by Crippen LogP contribution is -2.43. The SMILES string of the molecule is C=Cc1ccc(OC)cc1-c1ccc(O[Si](C)(C)C(C)(C)C)cc1. The van der Waals surface area contributed by atoms with Gasteiger partial charge in [-0.25, -0.2) is 0 Å². The highest BCUT2D eigenvalue weighted by Crippen LogP contribution is 2.38. The summed E-state index contributed by atoms with van der Waals surface area (Å²) in [4.78, 5) is 0. The Kier molecular flexibility index (Phi) is 5.24. The van der Waals surface area contributed by atoms with E-state index in [-0.39, 0.29) is 5.04 Å². The van der Waals surface area contributed by atoms with E-state index in [2.05, 4.69) is 64.7 Å². The maximum absolute atomic E-state index is 6.35. The van der Waals surface area contributed by atoms with E-state index in [1.807, 2.05) is 24.3 Å². The third-order valence-corrected chi connectivity index (χ3v) is 9.18. The first-order valence-electron chi connectivity index (χ1n) is 8.28. The molecule has 0 spiro atoms. The maximum atomic E-state index is 6.35. The van der Waals surface area contributed by atoms with Gasteiger partial charge in [0, 0.05) is 0 Å². The fraction of sp³-hybridized carbons (Fsp3) is 0.333. The molecule has 0 aromatic heterocycles. The van der Waals surface area contributed by atoms with E-state index in [9.17, 15) is 0 Å². The fourth-order valence-electron chi connectivity index (χ4n) is 2.24. The van der Waals surface area contributed by atoms with Crippen molar-refractivity contribution in [1.82, 2.24) is 0 Å². The molecule has 2 aromatic carbocycles. The molecule has 0 aliphatic rings. The van der Waals surface area contributed by atoms with Gasteiger partial charge in [0.25, 0.3) is 0 Å². The average molecular weight is 341 g/mol. The van der Waals surface area contributed by atoms with Crippen LogP contribution in [0.15, 0.2) is 49.0 Å². The van der Waals surface area contributed by atoms with Crippen LogP contribution in [0.5, 0.6) is 11.5 Å². The Labute approximate surface area is 147 Å². The molecule has 2 rings (SSSR count). The zero-order chi connectivity index (χ0) is 18.0. The molecule has 0 atom stereocenters. The van der Waals surface area contributed by atoms with Gasteiger partial charge in [0.2, 0.25) is 8.32 Å². The third-order valence-electron chi connectivity index (χ3n) is 4.82. The van der Waals surface area contributed by atoms with E-state index in [0.29, 0.717) is 0 Å². The summed E-state index contributed by atoms with van der Waals surface area (Å²) in [5.41, 5.74) is 3.34. The molecular formula is C21H28O2Si. The molecule has 0 saturated carbocycles. The maximum Gasteiger partial charge on any atom is 0.250 e. The molecule has 0 aliphatic heterocycles. The highest BCUT2D eigenvalue weighted by molar-refractivity contribution is 6.74. The summed E-state index contributed by atoms with van der Waals surface area (Å²) >= 11 is 0. The van der Waals surface area contributed by atoms with Crippen molar-refractivity contribution in [2.45, 2.75) is 38.9 Å². The quantitative estimate of drug-likeness (QED) is 0.587. The molecule has 0 amide bonds. The molecule has 2 nitrogen and oxygen atoms in total. The standard InChI is InChI=1S/C21H28O2Si/c1-8-16-9-14-19(22-5)15-20(16)17-10-12-18(13-11-17)23-24(6,7)21(2,3)4/h8-15H,1H2,2-7H3. The molecule has 0 unspecified atom stereocenters. The van der Waals surface area contributed by atoms with E-state index in [0.717, 1.165) is 28.2 Å². The van der Waals surface area contributed by atoms with Crippen molar-refractivity contribution >= 4 is 14.4 Å². The van der Waals surface area contributed by atoms with E-state index in [1.54, 1.807) is 7.11 Å². The number of benzene rings is 2. The summed E-state index contributed by atoms with van der Waals surface area (Å²) in [5.74, 6) is 1.78. The molecule has 0 radical (unpaired) electrons. The number of methoxy groups -OCH3 is 1. The van der Waals surface area contributed by atoms with Crippen molar-refractivity contribution in [3.8, 4) is 22.6 Å². The predicted octanol–water partition coefficient (Wildman–Crippen LogP) is 6.39. The van der Waals surface area contributed by atoms with Gasteiger partial charge in [-0.3, -0.25) is 0 Å². The minimum atomic E-state index is -1.81. The molecule has 24 heavy (non-hydrogen) atoms. The monoisotopic (exact) mass is 340 g/mol. The van der Waals surface area contributed by atoms with Gasteiger partial charge < -0.3 is 9.16 Å². The van der Waals surface area contributed by atoms with Gasteiger partial charge in [0.1, 0.15) is 11.5 Å². The number of hydrogen-bond donors (Lipinski definition) is 0. The lowest BCUT2D eigenvalue weighted by atomic mass is 9.99. The summed E-state index contributed by atoms with van der Waals surface area (Å²) in [5, 5.41) is 0.189. The Morgan fingerprint density at radius 3 is 2.04 bits per heavy atom. The first-order valence-corrected chi connectivity index (χ1v) is 11.2. The van der Waals surface area contributed by atoms with E-state index < -0.39 is 8.32 Å². The summed E-state index contributed by atoms with van der Waals surface area (Å²) in [6.07, 6.45) is 1.87. The molecule has 0 bridgehead atoms. The lowest BCUT2D eigenvalue weighted by molar-refractivity contribution is 0.415.